The van der Waals surface area contributed by atoms with Crippen LogP contribution in [0.5, 0.6) is 5.75 Å². The molecule has 0 radical (unpaired) electrons. The topological polar surface area (TPSA) is 158 Å². The zero-order valence-corrected chi connectivity index (χ0v) is 24.2. The van der Waals surface area contributed by atoms with E-state index in [0.29, 0.717) is 19.0 Å². The summed E-state index contributed by atoms with van der Waals surface area (Å²) >= 11 is 0. The highest BCUT2D eigenvalue weighted by Crippen LogP contribution is 2.52. The Morgan fingerprint density at radius 2 is 1.79 bits per heavy atom. The van der Waals surface area contributed by atoms with Crippen LogP contribution in [0.1, 0.15) is 59.7 Å². The average molecular weight is 608 g/mol. The molecular weight excluding hydrogens is 571 g/mol. The largest absolute Gasteiger partial charge is 0.507 e. The molecule has 3 saturated carbocycles. The smallest absolute Gasteiger partial charge is 0.417 e. The number of likely N-dealkylation sites (N-methyl/N-ethyl adjacent to an activating group) is 1. The van der Waals surface area contributed by atoms with Gasteiger partial charge in [0.15, 0.2) is 34.7 Å². The van der Waals surface area contributed by atoms with Gasteiger partial charge in [-0.05, 0) is 75.4 Å². The number of benzene rings is 1. The van der Waals surface area contributed by atoms with Gasteiger partial charge in [-0.1, -0.05) is 13.3 Å². The molecule has 3 fully saturated rings. The Hall–Kier alpha value is -3.16. The van der Waals surface area contributed by atoms with Gasteiger partial charge in [0.2, 0.25) is 5.91 Å². The Bertz CT molecular complexity index is 1410. The van der Waals surface area contributed by atoms with Crippen LogP contribution < -0.4 is 5.73 Å². The van der Waals surface area contributed by atoms with Gasteiger partial charge in [0.1, 0.15) is 5.75 Å². The first-order valence-corrected chi connectivity index (χ1v) is 14.6. The van der Waals surface area contributed by atoms with Crippen molar-refractivity contribution in [3.05, 3.63) is 28.3 Å². The maximum absolute atomic E-state index is 14.8. The van der Waals surface area contributed by atoms with Crippen LogP contribution in [-0.2, 0) is 38.3 Å². The number of hydrogen-bond acceptors (Lipinski definition) is 9. The molecule has 1 amide bonds. The molecule has 5 rings (SSSR count). The number of phenols is 1. The van der Waals surface area contributed by atoms with E-state index in [-0.39, 0.29) is 18.5 Å². The van der Waals surface area contributed by atoms with E-state index in [1.165, 1.54) is 19.0 Å². The Kier molecular flexibility index (Phi) is 7.84. The molecule has 0 aliphatic heterocycles. The lowest BCUT2D eigenvalue weighted by molar-refractivity contribution is -0.181. The standard InChI is InChI=1S/C30H36F3N3O7/c1-4-36(11-13-6-5-7-13)12-15-10-18(37)20-16(22(15)30(31,32)33)8-14-9-17-23(35(2)3)25(39)21(28(34)42)27(41)29(17,43)26(40)19(14)24(20)38/h10,13-14,17,19,21,23,37,43H,4-9,11-12H2,1-3H3,(H2,34,42)/t14-,17-,19?,21?,23-,29-/m0/s1. The van der Waals surface area contributed by atoms with E-state index in [1.54, 1.807) is 0 Å². The van der Waals surface area contributed by atoms with Crippen molar-refractivity contribution in [2.45, 2.75) is 63.4 Å². The van der Waals surface area contributed by atoms with E-state index in [4.69, 9.17) is 5.73 Å². The van der Waals surface area contributed by atoms with Crippen LogP contribution in [0.25, 0.3) is 0 Å². The average Bonchev–Trinajstić information content (AvgIpc) is 2.86. The third kappa shape index (κ3) is 4.80. The van der Waals surface area contributed by atoms with Crippen molar-refractivity contribution in [3.8, 4) is 5.75 Å². The third-order valence-corrected chi connectivity index (χ3v) is 10.0. The minimum Gasteiger partial charge on any atom is -0.507 e. The number of alkyl halides is 3. The van der Waals surface area contributed by atoms with Crippen LogP contribution in [-0.4, -0.2) is 87.9 Å². The maximum Gasteiger partial charge on any atom is 0.417 e. The van der Waals surface area contributed by atoms with Crippen LogP contribution in [0, 0.1) is 29.6 Å². The lowest BCUT2D eigenvalue weighted by Gasteiger charge is -2.52. The summed E-state index contributed by atoms with van der Waals surface area (Å²) in [5.41, 5.74) is 0.0355. The number of Topliss-reactive ketones (excluding diaryl/α,β-unsaturated/α-hetero) is 4. The summed E-state index contributed by atoms with van der Waals surface area (Å²) in [6.07, 6.45) is -2.60. The number of hydrogen-bond donors (Lipinski definition) is 3. The van der Waals surface area contributed by atoms with E-state index in [9.17, 15) is 47.4 Å². The van der Waals surface area contributed by atoms with Crippen molar-refractivity contribution in [1.29, 1.82) is 0 Å². The predicted octanol–water partition coefficient (Wildman–Crippen LogP) is 1.51. The fourth-order valence-electron chi connectivity index (χ4n) is 7.81. The molecular formula is C30H36F3N3O7. The Morgan fingerprint density at radius 3 is 2.30 bits per heavy atom. The van der Waals surface area contributed by atoms with Gasteiger partial charge in [-0.25, -0.2) is 0 Å². The fourth-order valence-corrected chi connectivity index (χ4v) is 7.81. The van der Waals surface area contributed by atoms with Gasteiger partial charge in [-0.3, -0.25) is 33.8 Å². The van der Waals surface area contributed by atoms with Crippen molar-refractivity contribution in [3.63, 3.8) is 0 Å². The summed E-state index contributed by atoms with van der Waals surface area (Å²) in [6, 6.07) is -0.419. The Labute approximate surface area is 246 Å². The zero-order valence-electron chi connectivity index (χ0n) is 24.2. The van der Waals surface area contributed by atoms with Gasteiger partial charge in [0.05, 0.1) is 23.1 Å². The number of carbonyl (C=O) groups excluding carboxylic acids is 5. The molecule has 0 heterocycles. The van der Waals surface area contributed by atoms with Gasteiger partial charge in [-0.15, -0.1) is 0 Å². The second-order valence-corrected chi connectivity index (χ2v) is 12.7. The van der Waals surface area contributed by atoms with E-state index < -0.39 is 99.4 Å². The molecule has 0 bridgehead atoms. The number of nitrogens with two attached hydrogens (primary N) is 1. The number of fused-ring (bicyclic) bond motifs is 3. The van der Waals surface area contributed by atoms with Crippen LogP contribution >= 0.6 is 0 Å². The molecule has 13 heteroatoms. The lowest BCUT2D eigenvalue weighted by atomic mass is 9.52. The molecule has 4 aliphatic rings. The Morgan fingerprint density at radius 1 is 1.14 bits per heavy atom. The van der Waals surface area contributed by atoms with E-state index >= 15 is 0 Å². The third-order valence-electron chi connectivity index (χ3n) is 10.0. The minimum absolute atomic E-state index is 0.105. The first-order valence-electron chi connectivity index (χ1n) is 14.6. The molecule has 1 aromatic rings. The number of carbonyl (C=O) groups is 5. The summed E-state index contributed by atoms with van der Waals surface area (Å²) in [7, 11) is 2.87. The number of halogens is 3. The molecule has 4 aliphatic carbocycles. The second-order valence-electron chi connectivity index (χ2n) is 12.7. The number of aliphatic hydroxyl groups is 1. The SMILES string of the molecule is CCN(Cc1cc(O)c2c(c1C(F)(F)F)C[C@H]1C[C@H]3[C@H](N(C)C)C(=O)C(C(N)=O)C(=O)[C@@]3(O)C(=O)C1C2=O)CC1CCC1. The molecule has 43 heavy (non-hydrogen) atoms. The van der Waals surface area contributed by atoms with Crippen molar-refractivity contribution in [2.24, 2.45) is 35.3 Å². The number of aromatic hydroxyl groups is 1. The lowest BCUT2D eigenvalue weighted by Crippen LogP contribution is -2.74. The highest BCUT2D eigenvalue weighted by molar-refractivity contribution is 6.32. The molecule has 10 nitrogen and oxygen atoms in total. The van der Waals surface area contributed by atoms with Crippen LogP contribution in [0.15, 0.2) is 6.07 Å². The van der Waals surface area contributed by atoms with Crippen LogP contribution in [0.2, 0.25) is 0 Å². The highest BCUT2D eigenvalue weighted by atomic mass is 19.4. The van der Waals surface area contributed by atoms with Crippen molar-refractivity contribution in [2.75, 3.05) is 27.2 Å². The normalized spacial score (nSPS) is 31.1. The first-order chi connectivity index (χ1) is 20.0. The molecule has 4 N–H and O–H groups in total. The highest BCUT2D eigenvalue weighted by Gasteiger charge is 2.69. The van der Waals surface area contributed by atoms with Gasteiger partial charge in [0.25, 0.3) is 0 Å². The van der Waals surface area contributed by atoms with Gasteiger partial charge >= 0.3 is 6.18 Å². The van der Waals surface area contributed by atoms with E-state index in [0.717, 1.165) is 25.3 Å². The van der Waals surface area contributed by atoms with E-state index in [1.807, 2.05) is 11.8 Å². The van der Waals surface area contributed by atoms with Gasteiger partial charge in [-0.2, -0.15) is 13.2 Å². The van der Waals surface area contributed by atoms with Crippen LogP contribution in [0.3, 0.4) is 0 Å². The minimum atomic E-state index is -4.90. The van der Waals surface area contributed by atoms with Crippen molar-refractivity contribution < 1.29 is 47.4 Å². The van der Waals surface area contributed by atoms with Crippen molar-refractivity contribution >= 4 is 29.0 Å². The predicted molar refractivity (Wildman–Crippen MR) is 145 cm³/mol. The molecule has 234 valence electrons. The quantitative estimate of drug-likeness (QED) is 0.391. The zero-order chi connectivity index (χ0) is 31.8. The molecule has 0 saturated heterocycles. The monoisotopic (exact) mass is 607 g/mol. The summed E-state index contributed by atoms with van der Waals surface area (Å²) < 4.78 is 44.3. The van der Waals surface area contributed by atoms with Crippen molar-refractivity contribution in [1.82, 2.24) is 9.80 Å². The second kappa shape index (κ2) is 10.8. The molecule has 1 aromatic carbocycles. The summed E-state index contributed by atoms with van der Waals surface area (Å²) in [5, 5.41) is 22.6. The van der Waals surface area contributed by atoms with Gasteiger partial charge < -0.3 is 15.9 Å². The fraction of sp³-hybridized carbons (Fsp3) is 0.633. The number of phenolic OH excluding ortho intramolecular Hbond substituents is 1. The summed E-state index contributed by atoms with van der Waals surface area (Å²) in [5.74, 6) is -12.9. The van der Waals surface area contributed by atoms with Gasteiger partial charge in [0, 0.05) is 19.0 Å². The number of nitrogens with zero attached hydrogens (tertiary/aromatic N) is 2. The molecule has 0 aromatic heterocycles. The number of primary amides is 1. The first kappa shape index (κ1) is 31.3. The maximum atomic E-state index is 14.8. The summed E-state index contributed by atoms with van der Waals surface area (Å²) in [6.45, 7) is 2.81. The Balaban J connectivity index is 1.61. The molecule has 6 atom stereocenters. The summed E-state index contributed by atoms with van der Waals surface area (Å²) in [4.78, 5) is 69.5. The number of rotatable bonds is 7. The van der Waals surface area contributed by atoms with Crippen LogP contribution in [0.4, 0.5) is 13.2 Å². The number of ketones is 4. The molecule has 2 unspecified atom stereocenters. The van der Waals surface area contributed by atoms with E-state index in [2.05, 4.69) is 0 Å². The number of amides is 1. The molecule has 0 spiro atoms.